The number of amides is 1. The van der Waals surface area contributed by atoms with Gasteiger partial charge in [0.15, 0.2) is 4.80 Å². The maximum absolute atomic E-state index is 12.6. The molecule has 0 aliphatic heterocycles. The Hall–Kier alpha value is -2.11. The third kappa shape index (κ3) is 3.78. The van der Waals surface area contributed by atoms with Gasteiger partial charge in [-0.05, 0) is 43.7 Å². The summed E-state index contributed by atoms with van der Waals surface area (Å²) < 4.78 is 8.69. The van der Waals surface area contributed by atoms with E-state index in [9.17, 15) is 4.79 Å². The van der Waals surface area contributed by atoms with Crippen LogP contribution in [0.4, 0.5) is 0 Å². The molecule has 0 spiro atoms. The van der Waals surface area contributed by atoms with Crippen molar-refractivity contribution in [2.24, 2.45) is 4.99 Å². The van der Waals surface area contributed by atoms with Gasteiger partial charge in [-0.3, -0.25) is 4.79 Å². The predicted molar refractivity (Wildman–Crippen MR) is 103 cm³/mol. The lowest BCUT2D eigenvalue weighted by Crippen LogP contribution is -2.17. The van der Waals surface area contributed by atoms with Crippen LogP contribution in [0.25, 0.3) is 10.2 Å². The van der Waals surface area contributed by atoms with Crippen LogP contribution in [0.3, 0.4) is 0 Å². The van der Waals surface area contributed by atoms with Crippen LogP contribution >= 0.6 is 22.9 Å². The third-order valence-corrected chi connectivity index (χ3v) is 5.08. The fraction of sp³-hybridized carbons (Fsp3) is 0.263. The Morgan fingerprint density at radius 3 is 2.76 bits per heavy atom. The van der Waals surface area contributed by atoms with Crippen molar-refractivity contribution in [3.63, 3.8) is 0 Å². The quantitative estimate of drug-likeness (QED) is 0.637. The van der Waals surface area contributed by atoms with E-state index in [1.165, 1.54) is 11.3 Å². The summed E-state index contributed by atoms with van der Waals surface area (Å²) in [5.74, 6) is 0.496. The van der Waals surface area contributed by atoms with Crippen molar-refractivity contribution in [3.8, 4) is 5.75 Å². The summed E-state index contributed by atoms with van der Waals surface area (Å²) in [6.07, 6.45) is 0.951. The van der Waals surface area contributed by atoms with Gasteiger partial charge in [0.2, 0.25) is 0 Å². The molecule has 0 N–H and O–H groups in total. The molecule has 3 rings (SSSR count). The lowest BCUT2D eigenvalue weighted by molar-refractivity contribution is 0.0998. The molecule has 3 aromatic rings. The first-order valence-corrected chi connectivity index (χ1v) is 9.43. The number of halogens is 1. The lowest BCUT2D eigenvalue weighted by Gasteiger charge is -2.05. The summed E-state index contributed by atoms with van der Waals surface area (Å²) in [7, 11) is 0. The van der Waals surface area contributed by atoms with Crippen molar-refractivity contribution < 1.29 is 9.53 Å². The van der Waals surface area contributed by atoms with E-state index in [4.69, 9.17) is 16.3 Å². The molecule has 0 bridgehead atoms. The monoisotopic (exact) mass is 374 g/mol. The van der Waals surface area contributed by atoms with Crippen LogP contribution in [0.5, 0.6) is 5.75 Å². The number of carbonyl (C=O) groups excluding carboxylic acids is 1. The van der Waals surface area contributed by atoms with Crippen molar-refractivity contribution in [3.05, 3.63) is 57.9 Å². The van der Waals surface area contributed by atoms with E-state index in [1.807, 2.05) is 25.1 Å². The van der Waals surface area contributed by atoms with Gasteiger partial charge in [0.25, 0.3) is 5.91 Å². The Morgan fingerprint density at radius 2 is 2.04 bits per heavy atom. The molecule has 0 radical (unpaired) electrons. The normalized spacial score (nSPS) is 11.9. The van der Waals surface area contributed by atoms with E-state index < -0.39 is 0 Å². The number of nitrogens with zero attached hydrogens (tertiary/aromatic N) is 2. The van der Waals surface area contributed by atoms with Crippen LogP contribution in [-0.4, -0.2) is 17.1 Å². The Morgan fingerprint density at radius 1 is 1.24 bits per heavy atom. The van der Waals surface area contributed by atoms with Crippen molar-refractivity contribution >= 4 is 39.1 Å². The molecule has 1 aromatic heterocycles. The molecule has 2 aromatic carbocycles. The Labute approximate surface area is 155 Å². The van der Waals surface area contributed by atoms with E-state index in [1.54, 1.807) is 24.3 Å². The molecule has 0 atom stereocenters. The van der Waals surface area contributed by atoms with Crippen molar-refractivity contribution in [1.82, 2.24) is 4.57 Å². The number of fused-ring (bicyclic) bond motifs is 1. The van der Waals surface area contributed by atoms with E-state index in [0.717, 1.165) is 28.9 Å². The highest BCUT2D eigenvalue weighted by Crippen LogP contribution is 2.24. The van der Waals surface area contributed by atoms with E-state index in [2.05, 4.69) is 16.5 Å². The maximum Gasteiger partial charge on any atom is 0.281 e. The van der Waals surface area contributed by atoms with Gasteiger partial charge >= 0.3 is 0 Å². The van der Waals surface area contributed by atoms with Gasteiger partial charge in [-0.15, -0.1) is 0 Å². The molecule has 0 aliphatic rings. The topological polar surface area (TPSA) is 43.6 Å². The fourth-order valence-electron chi connectivity index (χ4n) is 2.62. The van der Waals surface area contributed by atoms with Crippen LogP contribution in [0.2, 0.25) is 5.02 Å². The first-order chi connectivity index (χ1) is 12.1. The number of carbonyl (C=O) groups is 1. The van der Waals surface area contributed by atoms with Crippen LogP contribution < -0.4 is 9.54 Å². The summed E-state index contributed by atoms with van der Waals surface area (Å²) in [5.41, 5.74) is 1.47. The molecule has 0 fully saturated rings. The average Bonchev–Trinajstić information content (AvgIpc) is 2.92. The number of thiazole rings is 1. The highest BCUT2D eigenvalue weighted by Gasteiger charge is 2.11. The maximum atomic E-state index is 12.6. The molecule has 1 heterocycles. The number of aryl methyl sites for hydroxylation is 1. The van der Waals surface area contributed by atoms with Gasteiger partial charge in [0.05, 0.1) is 27.4 Å². The Kier molecular flexibility index (Phi) is 5.56. The van der Waals surface area contributed by atoms with Gasteiger partial charge in [0.1, 0.15) is 5.75 Å². The second-order valence-corrected chi connectivity index (χ2v) is 6.91. The van der Waals surface area contributed by atoms with Gasteiger partial charge in [-0.25, -0.2) is 0 Å². The van der Waals surface area contributed by atoms with E-state index in [-0.39, 0.29) is 5.91 Å². The second kappa shape index (κ2) is 7.85. The van der Waals surface area contributed by atoms with E-state index >= 15 is 0 Å². The summed E-state index contributed by atoms with van der Waals surface area (Å²) in [5, 5.41) is 0.415. The summed E-state index contributed by atoms with van der Waals surface area (Å²) in [6.45, 7) is 5.47. The minimum absolute atomic E-state index is 0.327. The smallest absolute Gasteiger partial charge is 0.281 e. The zero-order valence-corrected chi connectivity index (χ0v) is 15.7. The number of hydrogen-bond donors (Lipinski definition) is 0. The molecular weight excluding hydrogens is 356 g/mol. The first-order valence-electron chi connectivity index (χ1n) is 8.23. The summed E-state index contributed by atoms with van der Waals surface area (Å²) in [4.78, 5) is 17.6. The first kappa shape index (κ1) is 17.7. The third-order valence-electron chi connectivity index (χ3n) is 3.71. The predicted octanol–water partition coefficient (Wildman–Crippen LogP) is 4.91. The average molecular weight is 375 g/mol. The standard InChI is InChI=1S/C19H19ClN2O2S/c1-3-11-22-16-10-9-13(24-4-2)12-17(16)25-19(22)21-18(23)14-7-5-6-8-15(14)20/h5-10,12H,3-4,11H2,1-2H3. The largest absolute Gasteiger partial charge is 0.494 e. The minimum Gasteiger partial charge on any atom is -0.494 e. The number of hydrogen-bond acceptors (Lipinski definition) is 3. The van der Waals surface area contributed by atoms with Crippen LogP contribution in [-0.2, 0) is 6.54 Å². The Balaban J connectivity index is 2.12. The number of ether oxygens (including phenoxy) is 1. The summed E-state index contributed by atoms with van der Waals surface area (Å²) in [6, 6.07) is 12.9. The molecule has 0 aliphatic carbocycles. The van der Waals surface area contributed by atoms with Gasteiger partial charge in [-0.2, -0.15) is 4.99 Å². The molecule has 4 nitrogen and oxygen atoms in total. The lowest BCUT2D eigenvalue weighted by atomic mass is 10.2. The molecular formula is C19H19ClN2O2S. The van der Waals surface area contributed by atoms with Crippen molar-refractivity contribution in [1.29, 1.82) is 0 Å². The molecule has 0 unspecified atom stereocenters. The fourth-order valence-corrected chi connectivity index (χ4v) is 3.92. The van der Waals surface area contributed by atoms with Crippen LogP contribution in [0.15, 0.2) is 47.5 Å². The molecule has 130 valence electrons. The molecule has 0 saturated heterocycles. The van der Waals surface area contributed by atoms with Gasteiger partial charge in [-0.1, -0.05) is 42.0 Å². The molecule has 0 saturated carbocycles. The zero-order valence-electron chi connectivity index (χ0n) is 14.2. The SMILES string of the molecule is CCCn1c(=NC(=O)c2ccccc2Cl)sc2cc(OCC)ccc21. The highest BCUT2D eigenvalue weighted by atomic mass is 35.5. The minimum atomic E-state index is -0.327. The molecule has 25 heavy (non-hydrogen) atoms. The molecule has 6 heteroatoms. The zero-order chi connectivity index (χ0) is 17.8. The summed E-state index contributed by atoms with van der Waals surface area (Å²) >= 11 is 7.60. The van der Waals surface area contributed by atoms with Crippen LogP contribution in [0.1, 0.15) is 30.6 Å². The number of aromatic nitrogens is 1. The van der Waals surface area contributed by atoms with Crippen molar-refractivity contribution in [2.45, 2.75) is 26.8 Å². The van der Waals surface area contributed by atoms with Crippen molar-refractivity contribution in [2.75, 3.05) is 6.61 Å². The highest BCUT2D eigenvalue weighted by molar-refractivity contribution is 7.16. The van der Waals surface area contributed by atoms with E-state index in [0.29, 0.717) is 22.0 Å². The van der Waals surface area contributed by atoms with Crippen LogP contribution in [0, 0.1) is 0 Å². The van der Waals surface area contributed by atoms with Gasteiger partial charge in [0, 0.05) is 6.54 Å². The Bertz CT molecular complexity index is 975. The number of benzene rings is 2. The second-order valence-electron chi connectivity index (χ2n) is 5.50. The molecule has 1 amide bonds. The van der Waals surface area contributed by atoms with Gasteiger partial charge < -0.3 is 9.30 Å². The number of rotatable bonds is 5.